The molecule has 0 radical (unpaired) electrons. The second-order valence-corrected chi connectivity index (χ2v) is 8.40. The summed E-state index contributed by atoms with van der Waals surface area (Å²) >= 11 is 0. The van der Waals surface area contributed by atoms with E-state index in [9.17, 15) is 4.79 Å². The molecule has 0 saturated heterocycles. The standard InChI is InChI=1S/C31H38O7/c1-33-30(32)17-18-34-19-20-35-21-22-36-23-24-37-25-26-38-31(27-11-5-2-6-12-27,28-13-7-3-8-14-28)29-15-9-4-10-16-29/h2-16H,17-26H2,1H3. The van der Waals surface area contributed by atoms with Crippen molar-refractivity contribution in [2.75, 3.05) is 66.6 Å². The summed E-state index contributed by atoms with van der Waals surface area (Å²) in [7, 11) is 1.36. The predicted octanol–water partition coefficient (Wildman–Crippen LogP) is 4.62. The summed E-state index contributed by atoms with van der Waals surface area (Å²) in [6.45, 7) is 3.94. The Morgan fingerprint density at radius 3 is 1.24 bits per heavy atom. The molecule has 0 fully saturated rings. The zero-order valence-corrected chi connectivity index (χ0v) is 22.1. The molecular weight excluding hydrogens is 484 g/mol. The number of esters is 1. The van der Waals surface area contributed by atoms with Gasteiger partial charge in [-0.3, -0.25) is 4.79 Å². The second-order valence-electron chi connectivity index (χ2n) is 8.40. The second kappa shape index (κ2) is 17.4. The minimum absolute atomic E-state index is 0.246. The van der Waals surface area contributed by atoms with Gasteiger partial charge in [-0.25, -0.2) is 0 Å². The molecular formula is C31H38O7. The molecule has 0 atom stereocenters. The van der Waals surface area contributed by atoms with Gasteiger partial charge in [-0.05, 0) is 16.7 Å². The van der Waals surface area contributed by atoms with Gasteiger partial charge in [0.2, 0.25) is 0 Å². The van der Waals surface area contributed by atoms with E-state index in [1.807, 2.05) is 54.6 Å². The molecule has 0 amide bonds. The van der Waals surface area contributed by atoms with E-state index >= 15 is 0 Å². The number of hydrogen-bond acceptors (Lipinski definition) is 7. The molecule has 0 aliphatic rings. The highest BCUT2D eigenvalue weighted by atomic mass is 16.6. The number of carbonyl (C=O) groups is 1. The molecule has 7 nitrogen and oxygen atoms in total. The van der Waals surface area contributed by atoms with Crippen LogP contribution in [0, 0.1) is 0 Å². The van der Waals surface area contributed by atoms with E-state index in [2.05, 4.69) is 41.1 Å². The van der Waals surface area contributed by atoms with E-state index in [1.54, 1.807) is 0 Å². The lowest BCUT2D eigenvalue weighted by Crippen LogP contribution is -2.34. The highest BCUT2D eigenvalue weighted by Gasteiger charge is 2.37. The van der Waals surface area contributed by atoms with Crippen molar-refractivity contribution in [3.8, 4) is 0 Å². The van der Waals surface area contributed by atoms with Crippen LogP contribution in [0.25, 0.3) is 0 Å². The van der Waals surface area contributed by atoms with Crippen molar-refractivity contribution in [2.45, 2.75) is 12.0 Å². The van der Waals surface area contributed by atoms with Gasteiger partial charge in [0, 0.05) is 0 Å². The van der Waals surface area contributed by atoms with Crippen molar-refractivity contribution in [1.29, 1.82) is 0 Å². The Kier molecular flexibility index (Phi) is 13.5. The topological polar surface area (TPSA) is 72.5 Å². The highest BCUT2D eigenvalue weighted by molar-refractivity contribution is 5.69. The summed E-state index contributed by atoms with van der Waals surface area (Å²) in [4.78, 5) is 11.0. The van der Waals surface area contributed by atoms with Crippen molar-refractivity contribution in [2.24, 2.45) is 0 Å². The Morgan fingerprint density at radius 2 is 0.868 bits per heavy atom. The summed E-state index contributed by atoms with van der Waals surface area (Å²) in [5.74, 6) is -0.281. The first-order valence-corrected chi connectivity index (χ1v) is 13.0. The van der Waals surface area contributed by atoms with E-state index in [4.69, 9.17) is 23.7 Å². The molecule has 0 saturated carbocycles. The lowest BCUT2D eigenvalue weighted by Gasteiger charge is -2.36. The molecule has 0 aliphatic heterocycles. The van der Waals surface area contributed by atoms with Crippen LogP contribution in [0.4, 0.5) is 0 Å². The number of methoxy groups -OCH3 is 1. The molecule has 7 heteroatoms. The van der Waals surface area contributed by atoms with E-state index in [-0.39, 0.29) is 12.4 Å². The maximum absolute atomic E-state index is 11.0. The van der Waals surface area contributed by atoms with E-state index < -0.39 is 5.60 Å². The van der Waals surface area contributed by atoms with Crippen molar-refractivity contribution in [3.05, 3.63) is 108 Å². The van der Waals surface area contributed by atoms with Gasteiger partial charge in [-0.1, -0.05) is 91.0 Å². The monoisotopic (exact) mass is 522 g/mol. The fraction of sp³-hybridized carbons (Fsp3) is 0.387. The molecule has 3 aromatic carbocycles. The Morgan fingerprint density at radius 1 is 0.526 bits per heavy atom. The van der Waals surface area contributed by atoms with Crippen LogP contribution in [0.3, 0.4) is 0 Å². The summed E-state index contributed by atoms with van der Waals surface area (Å²) in [5, 5.41) is 0. The van der Waals surface area contributed by atoms with Crippen LogP contribution in [0.2, 0.25) is 0 Å². The molecule has 3 rings (SSSR count). The number of ether oxygens (including phenoxy) is 6. The zero-order chi connectivity index (χ0) is 26.7. The van der Waals surface area contributed by atoms with E-state index in [1.165, 1.54) is 7.11 Å². The molecule has 0 unspecified atom stereocenters. The lowest BCUT2D eigenvalue weighted by molar-refractivity contribution is -0.141. The maximum Gasteiger partial charge on any atom is 0.307 e. The summed E-state index contributed by atoms with van der Waals surface area (Å²) in [6.07, 6.45) is 0.246. The Hall–Kier alpha value is -3.07. The molecule has 3 aromatic rings. The van der Waals surface area contributed by atoms with Gasteiger partial charge in [0.1, 0.15) is 5.60 Å². The highest BCUT2D eigenvalue weighted by Crippen LogP contribution is 2.40. The predicted molar refractivity (Wildman–Crippen MR) is 145 cm³/mol. The third kappa shape index (κ3) is 9.35. The smallest absolute Gasteiger partial charge is 0.307 e. The van der Waals surface area contributed by atoms with Crippen LogP contribution in [0.5, 0.6) is 0 Å². The number of hydrogen-bond donors (Lipinski definition) is 0. The molecule has 0 N–H and O–H groups in total. The van der Waals surface area contributed by atoms with Crippen LogP contribution >= 0.6 is 0 Å². The van der Waals surface area contributed by atoms with Crippen LogP contribution < -0.4 is 0 Å². The summed E-state index contributed by atoms with van der Waals surface area (Å²) < 4.78 is 33.3. The summed E-state index contributed by atoms with van der Waals surface area (Å²) in [5.41, 5.74) is 2.45. The molecule has 0 aromatic heterocycles. The van der Waals surface area contributed by atoms with Gasteiger partial charge in [-0.2, -0.15) is 0 Å². The van der Waals surface area contributed by atoms with Gasteiger partial charge in [0.05, 0.1) is 73.0 Å². The third-order valence-electron chi connectivity index (χ3n) is 5.88. The number of rotatable bonds is 19. The number of benzene rings is 3. The van der Waals surface area contributed by atoms with Crippen LogP contribution in [-0.2, 0) is 38.8 Å². The largest absolute Gasteiger partial charge is 0.469 e. The molecule has 0 bridgehead atoms. The fourth-order valence-electron chi connectivity index (χ4n) is 4.04. The van der Waals surface area contributed by atoms with Gasteiger partial charge in [0.15, 0.2) is 0 Å². The van der Waals surface area contributed by atoms with Crippen molar-refractivity contribution >= 4 is 5.97 Å². The van der Waals surface area contributed by atoms with Crippen molar-refractivity contribution < 1.29 is 33.2 Å². The Bertz CT molecular complexity index is 916. The first-order chi connectivity index (χ1) is 18.8. The average Bonchev–Trinajstić information content (AvgIpc) is 2.98. The van der Waals surface area contributed by atoms with Gasteiger partial charge in [-0.15, -0.1) is 0 Å². The summed E-state index contributed by atoms with van der Waals surface area (Å²) in [6, 6.07) is 30.9. The normalized spacial score (nSPS) is 11.4. The van der Waals surface area contributed by atoms with Crippen LogP contribution in [0.1, 0.15) is 23.1 Å². The molecule has 0 heterocycles. The average molecular weight is 523 g/mol. The van der Waals surface area contributed by atoms with Crippen LogP contribution in [0.15, 0.2) is 91.0 Å². The minimum Gasteiger partial charge on any atom is -0.469 e. The van der Waals surface area contributed by atoms with Crippen molar-refractivity contribution in [1.82, 2.24) is 0 Å². The lowest BCUT2D eigenvalue weighted by atomic mass is 9.80. The van der Waals surface area contributed by atoms with E-state index in [0.29, 0.717) is 59.5 Å². The van der Waals surface area contributed by atoms with Crippen molar-refractivity contribution in [3.63, 3.8) is 0 Å². The molecule has 0 aliphatic carbocycles. The Balaban J connectivity index is 1.39. The van der Waals surface area contributed by atoms with Gasteiger partial charge in [0.25, 0.3) is 0 Å². The third-order valence-corrected chi connectivity index (χ3v) is 5.88. The minimum atomic E-state index is -0.746. The van der Waals surface area contributed by atoms with E-state index in [0.717, 1.165) is 16.7 Å². The first-order valence-electron chi connectivity index (χ1n) is 13.0. The first kappa shape index (κ1) is 29.5. The van der Waals surface area contributed by atoms with Gasteiger partial charge < -0.3 is 28.4 Å². The molecule has 0 spiro atoms. The number of carbonyl (C=O) groups excluding carboxylic acids is 1. The Labute approximate surface area is 225 Å². The quantitative estimate of drug-likeness (QED) is 0.129. The SMILES string of the molecule is COC(=O)CCOCCOCCOCCOCCOC(c1ccccc1)(c1ccccc1)c1ccccc1. The molecule has 204 valence electrons. The zero-order valence-electron chi connectivity index (χ0n) is 22.1. The fourth-order valence-corrected chi connectivity index (χ4v) is 4.04. The molecule has 38 heavy (non-hydrogen) atoms. The van der Waals surface area contributed by atoms with Crippen LogP contribution in [-0.4, -0.2) is 72.5 Å². The maximum atomic E-state index is 11.0. The van der Waals surface area contributed by atoms with Gasteiger partial charge >= 0.3 is 5.97 Å².